The summed E-state index contributed by atoms with van der Waals surface area (Å²) in [4.78, 5) is 10.5. The van der Waals surface area contributed by atoms with Crippen molar-refractivity contribution in [3.63, 3.8) is 0 Å². The molecule has 2 heterocycles. The molecule has 0 amide bonds. The summed E-state index contributed by atoms with van der Waals surface area (Å²) >= 11 is 0. The van der Waals surface area contributed by atoms with Crippen molar-refractivity contribution < 1.29 is 26.2 Å². The maximum Gasteiger partial charge on any atom is 0.148 e. The Balaban J connectivity index is 0.00000561. The van der Waals surface area contributed by atoms with Gasteiger partial charge in [-0.2, -0.15) is 0 Å². The van der Waals surface area contributed by atoms with Crippen LogP contribution in [0.25, 0.3) is 72.7 Å². The molecule has 0 saturated carbocycles. The Kier molecular flexibility index (Phi) is 12.2. The number of aromatic hydroxyl groups is 1. The van der Waals surface area contributed by atoms with Gasteiger partial charge in [-0.3, -0.25) is 9.55 Å². The Morgan fingerprint density at radius 3 is 2.05 bits per heavy atom. The quantitative estimate of drug-likeness (QED) is 0.154. The monoisotopic (exact) mass is 981 g/mol. The van der Waals surface area contributed by atoms with Crippen LogP contribution in [0.4, 0.5) is 0 Å². The number of aryl methyl sites for hydroxylation is 2. The zero-order valence-electron chi connectivity index (χ0n) is 37.1. The third-order valence-corrected chi connectivity index (χ3v) is 11.5. The van der Waals surface area contributed by atoms with Gasteiger partial charge in [-0.05, 0) is 95.2 Å². The molecule has 0 radical (unpaired) electrons. The molecule has 2 aromatic heterocycles. The molecule has 0 aliphatic rings. The van der Waals surface area contributed by atoms with E-state index in [4.69, 9.17) is 9.97 Å². The Hall–Kier alpha value is -5.57. The fourth-order valence-electron chi connectivity index (χ4n) is 8.28. The first-order valence-electron chi connectivity index (χ1n) is 21.2. The van der Waals surface area contributed by atoms with Crippen LogP contribution < -0.4 is 0 Å². The number of pyridine rings is 1. The van der Waals surface area contributed by atoms with Crippen molar-refractivity contribution in [3.05, 3.63) is 167 Å². The minimum Gasteiger partial charge on any atom is -0.507 e. The third kappa shape index (κ3) is 8.93. The molecule has 0 bridgehead atoms. The second kappa shape index (κ2) is 17.1. The largest absolute Gasteiger partial charge is 0.507 e. The molecule has 4 nitrogen and oxygen atoms in total. The van der Waals surface area contributed by atoms with Crippen molar-refractivity contribution in [2.45, 2.75) is 86.5 Å². The van der Waals surface area contributed by atoms with Crippen molar-refractivity contribution >= 4 is 11.0 Å². The van der Waals surface area contributed by atoms with E-state index < -0.39 is 0 Å². The summed E-state index contributed by atoms with van der Waals surface area (Å²) in [5, 5.41) is 12.3. The molecule has 0 aliphatic carbocycles. The van der Waals surface area contributed by atoms with Crippen LogP contribution in [0.5, 0.6) is 5.75 Å². The van der Waals surface area contributed by atoms with E-state index >= 15 is 0 Å². The molecule has 0 unspecified atom stereocenters. The van der Waals surface area contributed by atoms with Crippen LogP contribution in [0.2, 0.25) is 0 Å². The average molecular weight is 982 g/mol. The van der Waals surface area contributed by atoms with Crippen molar-refractivity contribution in [1.82, 2.24) is 14.5 Å². The van der Waals surface area contributed by atoms with E-state index in [1.807, 2.05) is 6.20 Å². The maximum atomic E-state index is 12.3. The smallest absolute Gasteiger partial charge is 0.148 e. The molecule has 8 aromatic rings. The van der Waals surface area contributed by atoms with E-state index in [1.165, 1.54) is 16.7 Å². The molecule has 0 saturated heterocycles. The molecule has 312 valence electrons. The number of fused-ring (bicyclic) bond motifs is 1. The van der Waals surface area contributed by atoms with E-state index in [1.54, 1.807) is 0 Å². The minimum absolute atomic E-state index is 0. The number of benzene rings is 6. The summed E-state index contributed by atoms with van der Waals surface area (Å²) < 4.78 is 2.27. The number of para-hydroxylation sites is 1. The van der Waals surface area contributed by atoms with E-state index in [-0.39, 0.29) is 37.6 Å². The van der Waals surface area contributed by atoms with Crippen molar-refractivity contribution in [2.75, 3.05) is 0 Å². The van der Waals surface area contributed by atoms with Gasteiger partial charge in [0, 0.05) is 44.1 Å². The van der Waals surface area contributed by atoms with Gasteiger partial charge in [-0.15, -0.1) is 29.3 Å². The Morgan fingerprint density at radius 1 is 0.639 bits per heavy atom. The first-order valence-corrected chi connectivity index (χ1v) is 21.2. The molecule has 0 atom stereocenters. The van der Waals surface area contributed by atoms with Gasteiger partial charge in [-0.25, -0.2) is 4.98 Å². The zero-order valence-corrected chi connectivity index (χ0v) is 39.4. The summed E-state index contributed by atoms with van der Waals surface area (Å²) in [6, 6.07) is 49.3. The molecular formula is C56H56N3OPt-. The number of phenols is 1. The van der Waals surface area contributed by atoms with Crippen LogP contribution in [0, 0.1) is 25.8 Å². The van der Waals surface area contributed by atoms with Crippen LogP contribution in [-0.4, -0.2) is 19.6 Å². The predicted octanol–water partition coefficient (Wildman–Crippen LogP) is 14.7. The standard InChI is InChI=1S/C56H56N3O.Pt/c1-35(2)27-38-21-24-50(46(30-38)40-15-12-11-13-16-40)59-51-18-14-17-45(52(51)58-54(59)47-28-37(4)29-48(53(47)60)56(8,9)10)42-31-43(33-44(32-42)55(5,6)7)49-34-41(25-26-57-49)39-22-19-36(3)20-23-39;/h11-26,28-30,32-35,60H,27H2,1-10H3;/q-1;. The van der Waals surface area contributed by atoms with Crippen molar-refractivity contribution in [1.29, 1.82) is 0 Å². The van der Waals surface area contributed by atoms with Crippen LogP contribution >= 0.6 is 0 Å². The fourth-order valence-corrected chi connectivity index (χ4v) is 8.28. The molecule has 8 rings (SSSR count). The summed E-state index contributed by atoms with van der Waals surface area (Å²) in [6.07, 6.45) is 2.87. The number of hydrogen-bond acceptors (Lipinski definition) is 3. The molecule has 6 aromatic carbocycles. The molecule has 61 heavy (non-hydrogen) atoms. The van der Waals surface area contributed by atoms with E-state index in [0.29, 0.717) is 17.3 Å². The molecular weight excluding hydrogens is 926 g/mol. The number of hydrogen-bond donors (Lipinski definition) is 1. The van der Waals surface area contributed by atoms with Gasteiger partial charge in [0.2, 0.25) is 0 Å². The van der Waals surface area contributed by atoms with Crippen LogP contribution in [0.15, 0.2) is 134 Å². The minimum atomic E-state index is -0.288. The van der Waals surface area contributed by atoms with Gasteiger partial charge in [0.25, 0.3) is 0 Å². The van der Waals surface area contributed by atoms with Gasteiger partial charge >= 0.3 is 0 Å². The summed E-state index contributed by atoms with van der Waals surface area (Å²) in [5.74, 6) is 1.46. The van der Waals surface area contributed by atoms with Gasteiger partial charge in [0.1, 0.15) is 11.6 Å². The second-order valence-corrected chi connectivity index (χ2v) is 19.0. The number of rotatable bonds is 8. The van der Waals surface area contributed by atoms with Crippen LogP contribution in [0.3, 0.4) is 0 Å². The van der Waals surface area contributed by atoms with Crippen molar-refractivity contribution in [3.8, 4) is 67.5 Å². The van der Waals surface area contributed by atoms with Crippen molar-refractivity contribution in [2.24, 2.45) is 5.92 Å². The fraction of sp³-hybridized carbons (Fsp3) is 0.250. The molecule has 0 spiro atoms. The topological polar surface area (TPSA) is 50.9 Å². The SMILES string of the molecule is Cc1ccc(-c2ccnc(-c3[c-]c(-c4cccc5c4nc(-c4cc(C)cc(C(C)(C)C)c4O)n5-c4ccc(CC(C)C)cc4-c4ccccc4)cc(C(C)(C)C)c3)c2)cc1.[Pt]. The van der Waals surface area contributed by atoms with Gasteiger partial charge in [-0.1, -0.05) is 157 Å². The number of aromatic nitrogens is 3. The molecule has 0 aliphatic heterocycles. The molecule has 5 heteroatoms. The third-order valence-electron chi connectivity index (χ3n) is 11.5. The summed E-state index contributed by atoms with van der Waals surface area (Å²) in [7, 11) is 0. The Bertz CT molecular complexity index is 2860. The molecule has 1 N–H and O–H groups in total. The number of nitrogens with zero attached hydrogens (tertiary/aromatic N) is 3. The summed E-state index contributed by atoms with van der Waals surface area (Å²) in [6.45, 7) is 21.9. The Labute approximate surface area is 377 Å². The summed E-state index contributed by atoms with van der Waals surface area (Å²) in [5.41, 5.74) is 16.9. The first-order chi connectivity index (χ1) is 28.5. The normalized spacial score (nSPS) is 11.9. The van der Waals surface area contributed by atoms with Gasteiger partial charge in [0.15, 0.2) is 0 Å². The van der Waals surface area contributed by atoms with Crippen LogP contribution in [-0.2, 0) is 38.3 Å². The zero-order chi connectivity index (χ0) is 42.5. The molecule has 0 fully saturated rings. The number of phenolic OH excluding ortho intramolecular Hbond substituents is 1. The van der Waals surface area contributed by atoms with E-state index in [0.717, 1.165) is 78.9 Å². The van der Waals surface area contributed by atoms with Gasteiger partial charge in [0.05, 0.1) is 22.3 Å². The first kappa shape index (κ1) is 43.5. The van der Waals surface area contributed by atoms with Gasteiger partial charge < -0.3 is 5.11 Å². The average Bonchev–Trinajstić information content (AvgIpc) is 3.60. The maximum absolute atomic E-state index is 12.3. The number of imidazole rings is 1. The Morgan fingerprint density at radius 2 is 1.36 bits per heavy atom. The van der Waals surface area contributed by atoms with Crippen LogP contribution in [0.1, 0.15) is 83.2 Å². The van der Waals surface area contributed by atoms with E-state index in [9.17, 15) is 5.11 Å². The van der Waals surface area contributed by atoms with E-state index in [2.05, 4.69) is 207 Å². The predicted molar refractivity (Wildman–Crippen MR) is 252 cm³/mol. The second-order valence-electron chi connectivity index (χ2n) is 19.0.